The van der Waals surface area contributed by atoms with Crippen LogP contribution in [0.4, 0.5) is 5.13 Å². The first-order valence-electron chi connectivity index (χ1n) is 7.87. The number of nitrogens with zero attached hydrogens (tertiary/aromatic N) is 2. The number of benzene rings is 1. The predicted octanol–water partition coefficient (Wildman–Crippen LogP) is 5.05. The van der Waals surface area contributed by atoms with Crippen LogP contribution in [0.1, 0.15) is 36.4 Å². The summed E-state index contributed by atoms with van der Waals surface area (Å²) >= 11 is 7.90. The summed E-state index contributed by atoms with van der Waals surface area (Å²) in [5, 5.41) is 5.49. The highest BCUT2D eigenvalue weighted by Gasteiger charge is 2.12. The van der Waals surface area contributed by atoms with Crippen molar-refractivity contribution in [2.45, 2.75) is 34.1 Å². The van der Waals surface area contributed by atoms with E-state index in [1.54, 1.807) is 23.6 Å². The average Bonchev–Trinajstić information content (AvgIpc) is 2.85. The van der Waals surface area contributed by atoms with Crippen molar-refractivity contribution < 1.29 is 9.47 Å². The first-order chi connectivity index (χ1) is 11.5. The van der Waals surface area contributed by atoms with Gasteiger partial charge in [0, 0.05) is 4.88 Å². The predicted molar refractivity (Wildman–Crippen MR) is 101 cm³/mol. The topological polar surface area (TPSA) is 55.7 Å². The molecule has 0 unspecified atom stereocenters. The third-order valence-corrected chi connectivity index (χ3v) is 4.44. The van der Waals surface area contributed by atoms with Gasteiger partial charge in [-0.15, -0.1) is 11.3 Å². The number of ether oxygens (including phenoxy) is 2. The van der Waals surface area contributed by atoms with E-state index in [2.05, 4.69) is 15.5 Å². The van der Waals surface area contributed by atoms with Gasteiger partial charge in [-0.25, -0.2) is 4.98 Å². The number of hydrazone groups is 1. The van der Waals surface area contributed by atoms with Gasteiger partial charge in [-0.05, 0) is 44.9 Å². The zero-order valence-corrected chi connectivity index (χ0v) is 15.9. The van der Waals surface area contributed by atoms with Crippen LogP contribution in [-0.4, -0.2) is 24.4 Å². The molecule has 24 heavy (non-hydrogen) atoms. The Kier molecular flexibility index (Phi) is 6.87. The first-order valence-corrected chi connectivity index (χ1v) is 9.06. The summed E-state index contributed by atoms with van der Waals surface area (Å²) in [7, 11) is 0. The molecule has 2 rings (SSSR count). The summed E-state index contributed by atoms with van der Waals surface area (Å²) in [4.78, 5) is 5.55. The molecule has 130 valence electrons. The van der Waals surface area contributed by atoms with Crippen LogP contribution >= 0.6 is 22.9 Å². The Morgan fingerprint density at radius 2 is 2.08 bits per heavy atom. The normalized spacial score (nSPS) is 11.0. The molecule has 0 aliphatic rings. The number of hydrogen-bond donors (Lipinski definition) is 1. The van der Waals surface area contributed by atoms with Crippen molar-refractivity contribution in [1.29, 1.82) is 0 Å². The zero-order chi connectivity index (χ0) is 17.5. The quantitative estimate of drug-likeness (QED) is 0.524. The van der Waals surface area contributed by atoms with Gasteiger partial charge in [0.25, 0.3) is 0 Å². The van der Waals surface area contributed by atoms with Crippen LogP contribution in [0.15, 0.2) is 17.2 Å². The number of nitrogens with one attached hydrogen (secondary N) is 1. The van der Waals surface area contributed by atoms with E-state index in [0.29, 0.717) is 29.7 Å². The van der Waals surface area contributed by atoms with Gasteiger partial charge in [-0.2, -0.15) is 5.10 Å². The van der Waals surface area contributed by atoms with Gasteiger partial charge in [-0.3, -0.25) is 5.43 Å². The largest absolute Gasteiger partial charge is 0.490 e. The molecule has 0 atom stereocenters. The molecule has 5 nitrogen and oxygen atoms in total. The number of anilines is 1. The Labute approximate surface area is 151 Å². The van der Waals surface area contributed by atoms with Crippen molar-refractivity contribution in [2.75, 3.05) is 18.6 Å². The molecule has 0 saturated heterocycles. The molecular weight excluding hydrogens is 346 g/mol. The Balaban J connectivity index is 2.15. The maximum Gasteiger partial charge on any atom is 0.203 e. The molecule has 0 bridgehead atoms. The highest BCUT2D eigenvalue weighted by Crippen LogP contribution is 2.36. The second-order valence-electron chi connectivity index (χ2n) is 5.14. The van der Waals surface area contributed by atoms with Crippen LogP contribution in [-0.2, 0) is 0 Å². The van der Waals surface area contributed by atoms with Crippen molar-refractivity contribution in [1.82, 2.24) is 4.98 Å². The van der Waals surface area contributed by atoms with Crippen LogP contribution in [0, 0.1) is 13.8 Å². The van der Waals surface area contributed by atoms with Gasteiger partial charge in [0.2, 0.25) is 5.13 Å². The van der Waals surface area contributed by atoms with E-state index in [9.17, 15) is 0 Å². The van der Waals surface area contributed by atoms with Gasteiger partial charge < -0.3 is 9.47 Å². The summed E-state index contributed by atoms with van der Waals surface area (Å²) in [5.74, 6) is 1.21. The number of aromatic nitrogens is 1. The second kappa shape index (κ2) is 8.89. The molecule has 1 N–H and O–H groups in total. The lowest BCUT2D eigenvalue weighted by Crippen LogP contribution is -2.02. The molecule has 2 aromatic rings. The average molecular weight is 368 g/mol. The number of halogens is 1. The van der Waals surface area contributed by atoms with Crippen molar-refractivity contribution in [3.63, 3.8) is 0 Å². The highest BCUT2D eigenvalue weighted by molar-refractivity contribution is 7.15. The Morgan fingerprint density at radius 1 is 1.29 bits per heavy atom. The molecule has 7 heteroatoms. The lowest BCUT2D eigenvalue weighted by Gasteiger charge is -2.13. The molecule has 0 fully saturated rings. The van der Waals surface area contributed by atoms with E-state index >= 15 is 0 Å². The van der Waals surface area contributed by atoms with E-state index in [4.69, 9.17) is 21.1 Å². The minimum Gasteiger partial charge on any atom is -0.490 e. The molecule has 1 aromatic heterocycles. The maximum absolute atomic E-state index is 6.33. The molecule has 0 aliphatic heterocycles. The number of thiazole rings is 1. The summed E-state index contributed by atoms with van der Waals surface area (Å²) in [5.41, 5.74) is 4.77. The molecule has 0 amide bonds. The molecule has 0 radical (unpaired) electrons. The lowest BCUT2D eigenvalue weighted by molar-refractivity contribution is 0.277. The molecular formula is C17H22ClN3O2S. The van der Waals surface area contributed by atoms with Crippen molar-refractivity contribution in [3.05, 3.63) is 33.3 Å². The highest BCUT2D eigenvalue weighted by atomic mass is 35.5. The van der Waals surface area contributed by atoms with Crippen LogP contribution < -0.4 is 14.9 Å². The van der Waals surface area contributed by atoms with Gasteiger partial charge in [-0.1, -0.05) is 18.5 Å². The summed E-state index contributed by atoms with van der Waals surface area (Å²) in [6, 6.07) is 3.67. The Morgan fingerprint density at radius 3 is 2.71 bits per heavy atom. The van der Waals surface area contributed by atoms with E-state index in [1.807, 2.05) is 33.8 Å². The zero-order valence-electron chi connectivity index (χ0n) is 14.4. The molecule has 0 spiro atoms. The van der Waals surface area contributed by atoms with E-state index in [1.165, 1.54) is 4.88 Å². The first kappa shape index (κ1) is 18.5. The van der Waals surface area contributed by atoms with E-state index < -0.39 is 0 Å². The van der Waals surface area contributed by atoms with E-state index in [-0.39, 0.29) is 0 Å². The van der Waals surface area contributed by atoms with Gasteiger partial charge in [0.15, 0.2) is 11.5 Å². The summed E-state index contributed by atoms with van der Waals surface area (Å²) < 4.78 is 11.3. The van der Waals surface area contributed by atoms with Crippen molar-refractivity contribution in [3.8, 4) is 11.5 Å². The van der Waals surface area contributed by atoms with E-state index in [0.717, 1.165) is 22.8 Å². The monoisotopic (exact) mass is 367 g/mol. The second-order valence-corrected chi connectivity index (χ2v) is 6.75. The Bertz CT molecular complexity index is 697. The van der Waals surface area contributed by atoms with Gasteiger partial charge in [0.1, 0.15) is 0 Å². The van der Waals surface area contributed by atoms with Gasteiger partial charge in [0.05, 0.1) is 30.1 Å². The van der Waals surface area contributed by atoms with Crippen LogP contribution in [0.3, 0.4) is 0 Å². The fourth-order valence-corrected chi connectivity index (χ4v) is 2.99. The molecule has 0 saturated carbocycles. The van der Waals surface area contributed by atoms with Crippen molar-refractivity contribution >= 4 is 34.3 Å². The third-order valence-electron chi connectivity index (χ3n) is 3.18. The summed E-state index contributed by atoms with van der Waals surface area (Å²) in [6.07, 6.45) is 2.59. The minimum absolute atomic E-state index is 0.511. The third kappa shape index (κ3) is 4.85. The van der Waals surface area contributed by atoms with Crippen LogP contribution in [0.5, 0.6) is 11.5 Å². The Hall–Kier alpha value is -1.79. The maximum atomic E-state index is 6.33. The molecule has 0 aliphatic carbocycles. The molecule has 1 aromatic carbocycles. The lowest BCUT2D eigenvalue weighted by atomic mass is 10.2. The van der Waals surface area contributed by atoms with Crippen molar-refractivity contribution in [2.24, 2.45) is 5.10 Å². The SMILES string of the molecule is CCCOc1c(Cl)cc(/C=N\Nc2nc(C)c(C)s2)cc1OCC. The van der Waals surface area contributed by atoms with Crippen LogP contribution in [0.25, 0.3) is 0 Å². The minimum atomic E-state index is 0.511. The smallest absolute Gasteiger partial charge is 0.203 e. The fourth-order valence-electron chi connectivity index (χ4n) is 1.95. The van der Waals surface area contributed by atoms with Gasteiger partial charge >= 0.3 is 0 Å². The fraction of sp³-hybridized carbons (Fsp3) is 0.412. The van der Waals surface area contributed by atoms with Crippen LogP contribution in [0.2, 0.25) is 5.02 Å². The summed E-state index contributed by atoms with van der Waals surface area (Å²) in [6.45, 7) is 9.11. The number of rotatable bonds is 8. The molecule has 1 heterocycles. The number of hydrogen-bond acceptors (Lipinski definition) is 6. The standard InChI is InChI=1S/C17H22ClN3O2S/c1-5-7-23-16-14(18)8-13(9-15(16)22-6-2)10-19-21-17-20-11(3)12(4)24-17/h8-10H,5-7H2,1-4H3,(H,20,21)/b19-10-. The number of aryl methyl sites for hydroxylation is 2.